The Hall–Kier alpha value is -3.27. The van der Waals surface area contributed by atoms with Crippen molar-refractivity contribution in [1.29, 1.82) is 0 Å². The fourth-order valence-electron chi connectivity index (χ4n) is 2.64. The van der Waals surface area contributed by atoms with E-state index in [0.29, 0.717) is 13.1 Å². The lowest BCUT2D eigenvalue weighted by Gasteiger charge is -2.22. The van der Waals surface area contributed by atoms with Gasteiger partial charge in [0.05, 0.1) is 12.2 Å². The van der Waals surface area contributed by atoms with Gasteiger partial charge in [-0.2, -0.15) is 0 Å². The second-order valence-corrected chi connectivity index (χ2v) is 6.06. The first-order valence-corrected chi connectivity index (χ1v) is 8.54. The molecule has 2 heterocycles. The molecular weight excluding hydrogens is 322 g/mol. The Morgan fingerprint density at radius 3 is 2.46 bits per heavy atom. The number of benzene rings is 1. The van der Waals surface area contributed by atoms with Gasteiger partial charge in [-0.05, 0) is 54.0 Å². The molecule has 0 spiro atoms. The van der Waals surface area contributed by atoms with Gasteiger partial charge in [0, 0.05) is 31.2 Å². The van der Waals surface area contributed by atoms with Crippen LogP contribution < -0.4 is 0 Å². The lowest BCUT2D eigenvalue weighted by molar-refractivity contribution is -0.127. The summed E-state index contributed by atoms with van der Waals surface area (Å²) < 4.78 is 0. The zero-order chi connectivity index (χ0) is 18.2. The standard InChI is InChI=1S/C22H21N3O/c1-18-6-2-3-7-20(18)16-25(17-21-8-4-5-13-24-21)22(26)10-9-19-11-14-23-15-12-19/h2-15H,16-17H2,1H3/b10-9+. The number of nitrogens with zero attached hydrogens (tertiary/aromatic N) is 3. The van der Waals surface area contributed by atoms with Gasteiger partial charge in [-0.1, -0.05) is 30.3 Å². The van der Waals surface area contributed by atoms with E-state index in [1.54, 1.807) is 24.7 Å². The minimum absolute atomic E-state index is 0.0456. The van der Waals surface area contributed by atoms with E-state index in [4.69, 9.17) is 0 Å². The van der Waals surface area contributed by atoms with Crippen LogP contribution in [0, 0.1) is 6.92 Å². The number of hydrogen-bond acceptors (Lipinski definition) is 3. The van der Waals surface area contributed by atoms with Gasteiger partial charge in [0.15, 0.2) is 0 Å². The molecule has 0 fully saturated rings. The third-order valence-corrected chi connectivity index (χ3v) is 4.14. The highest BCUT2D eigenvalue weighted by molar-refractivity contribution is 5.91. The molecule has 2 aromatic heterocycles. The molecule has 0 aliphatic heterocycles. The van der Waals surface area contributed by atoms with Crippen molar-refractivity contribution in [3.8, 4) is 0 Å². The number of aromatic nitrogens is 2. The van der Waals surface area contributed by atoms with Gasteiger partial charge in [0.1, 0.15) is 0 Å². The second kappa shape index (κ2) is 8.72. The third kappa shape index (κ3) is 4.86. The zero-order valence-corrected chi connectivity index (χ0v) is 14.7. The molecule has 1 aromatic carbocycles. The van der Waals surface area contributed by atoms with Gasteiger partial charge in [0.2, 0.25) is 5.91 Å². The highest BCUT2D eigenvalue weighted by Gasteiger charge is 2.14. The summed E-state index contributed by atoms with van der Waals surface area (Å²) in [7, 11) is 0. The molecule has 3 aromatic rings. The molecule has 1 amide bonds. The maximum Gasteiger partial charge on any atom is 0.247 e. The van der Waals surface area contributed by atoms with Crippen LogP contribution in [0.15, 0.2) is 79.3 Å². The maximum absolute atomic E-state index is 12.8. The summed E-state index contributed by atoms with van der Waals surface area (Å²) in [6.07, 6.45) is 8.59. The first kappa shape index (κ1) is 17.5. The van der Waals surface area contributed by atoms with E-state index in [0.717, 1.165) is 16.8 Å². The second-order valence-electron chi connectivity index (χ2n) is 6.06. The van der Waals surface area contributed by atoms with E-state index in [1.807, 2.05) is 53.4 Å². The minimum atomic E-state index is -0.0456. The molecule has 0 unspecified atom stereocenters. The first-order valence-electron chi connectivity index (χ1n) is 8.54. The molecule has 130 valence electrons. The lowest BCUT2D eigenvalue weighted by atomic mass is 10.1. The van der Waals surface area contributed by atoms with Crippen LogP contribution in [0.3, 0.4) is 0 Å². The quantitative estimate of drug-likeness (QED) is 0.635. The molecule has 26 heavy (non-hydrogen) atoms. The monoisotopic (exact) mass is 343 g/mol. The average Bonchev–Trinajstić information content (AvgIpc) is 2.69. The summed E-state index contributed by atoms with van der Waals surface area (Å²) in [5.74, 6) is -0.0456. The van der Waals surface area contributed by atoms with Crippen LogP contribution in [-0.2, 0) is 17.9 Å². The van der Waals surface area contributed by atoms with Gasteiger partial charge in [-0.25, -0.2) is 0 Å². The third-order valence-electron chi connectivity index (χ3n) is 4.14. The normalized spacial score (nSPS) is 10.8. The summed E-state index contributed by atoms with van der Waals surface area (Å²) >= 11 is 0. The topological polar surface area (TPSA) is 46.1 Å². The van der Waals surface area contributed by atoms with E-state index in [1.165, 1.54) is 5.56 Å². The molecule has 0 aliphatic rings. The number of carbonyl (C=O) groups is 1. The van der Waals surface area contributed by atoms with Crippen molar-refractivity contribution in [3.63, 3.8) is 0 Å². The van der Waals surface area contributed by atoms with E-state index in [2.05, 4.69) is 29.0 Å². The highest BCUT2D eigenvalue weighted by atomic mass is 16.2. The Balaban J connectivity index is 1.81. The Morgan fingerprint density at radius 2 is 1.73 bits per heavy atom. The van der Waals surface area contributed by atoms with Gasteiger partial charge < -0.3 is 4.90 Å². The van der Waals surface area contributed by atoms with E-state index in [-0.39, 0.29) is 5.91 Å². The molecule has 0 saturated heterocycles. The molecule has 0 bridgehead atoms. The van der Waals surface area contributed by atoms with Gasteiger partial charge in [-0.3, -0.25) is 14.8 Å². The number of carbonyl (C=O) groups excluding carboxylic acids is 1. The van der Waals surface area contributed by atoms with E-state index >= 15 is 0 Å². The lowest BCUT2D eigenvalue weighted by Crippen LogP contribution is -2.29. The summed E-state index contributed by atoms with van der Waals surface area (Å²) in [5, 5.41) is 0. The average molecular weight is 343 g/mol. The number of aryl methyl sites for hydroxylation is 1. The largest absolute Gasteiger partial charge is 0.329 e. The predicted molar refractivity (Wildman–Crippen MR) is 103 cm³/mol. The van der Waals surface area contributed by atoms with Crippen LogP contribution in [0.25, 0.3) is 6.08 Å². The van der Waals surface area contributed by atoms with Gasteiger partial charge in [0.25, 0.3) is 0 Å². The first-order chi connectivity index (χ1) is 12.7. The Kier molecular flexibility index (Phi) is 5.88. The summed E-state index contributed by atoms with van der Waals surface area (Å²) in [6.45, 7) is 3.07. The van der Waals surface area contributed by atoms with Crippen LogP contribution in [0.4, 0.5) is 0 Å². The van der Waals surface area contributed by atoms with Gasteiger partial charge >= 0.3 is 0 Å². The maximum atomic E-state index is 12.8. The summed E-state index contributed by atoms with van der Waals surface area (Å²) in [6, 6.07) is 17.6. The Bertz CT molecular complexity index is 876. The molecule has 4 heteroatoms. The molecule has 0 radical (unpaired) electrons. The van der Waals surface area contributed by atoms with Crippen LogP contribution in [-0.4, -0.2) is 20.8 Å². The number of pyridine rings is 2. The highest BCUT2D eigenvalue weighted by Crippen LogP contribution is 2.14. The molecule has 0 aliphatic carbocycles. The molecule has 4 nitrogen and oxygen atoms in total. The van der Waals surface area contributed by atoms with Crippen LogP contribution >= 0.6 is 0 Å². The van der Waals surface area contributed by atoms with Crippen molar-refractivity contribution >= 4 is 12.0 Å². The van der Waals surface area contributed by atoms with Crippen molar-refractivity contribution in [2.45, 2.75) is 20.0 Å². The number of amides is 1. The van der Waals surface area contributed by atoms with Gasteiger partial charge in [-0.15, -0.1) is 0 Å². The summed E-state index contributed by atoms with van der Waals surface area (Å²) in [4.78, 5) is 23.0. The smallest absolute Gasteiger partial charge is 0.247 e. The Labute approximate surface area is 153 Å². The van der Waals surface area contributed by atoms with E-state index in [9.17, 15) is 4.79 Å². The molecule has 0 saturated carbocycles. The van der Waals surface area contributed by atoms with E-state index < -0.39 is 0 Å². The Morgan fingerprint density at radius 1 is 0.962 bits per heavy atom. The molecule has 0 N–H and O–H groups in total. The number of hydrogen-bond donors (Lipinski definition) is 0. The minimum Gasteiger partial charge on any atom is -0.329 e. The zero-order valence-electron chi connectivity index (χ0n) is 14.7. The molecule has 0 atom stereocenters. The van der Waals surface area contributed by atoms with Crippen LogP contribution in [0.2, 0.25) is 0 Å². The van der Waals surface area contributed by atoms with Crippen molar-refractivity contribution in [1.82, 2.24) is 14.9 Å². The fraction of sp³-hybridized carbons (Fsp3) is 0.136. The predicted octanol–water partition coefficient (Wildman–Crippen LogP) is 4.03. The SMILES string of the molecule is Cc1ccccc1CN(Cc1ccccn1)C(=O)/C=C/c1ccncc1. The molecule has 3 rings (SSSR count). The fourth-order valence-corrected chi connectivity index (χ4v) is 2.64. The van der Waals surface area contributed by atoms with Crippen molar-refractivity contribution in [2.75, 3.05) is 0 Å². The molecular formula is C22H21N3O. The van der Waals surface area contributed by atoms with Crippen molar-refractivity contribution in [2.24, 2.45) is 0 Å². The van der Waals surface area contributed by atoms with Crippen LogP contribution in [0.1, 0.15) is 22.4 Å². The van der Waals surface area contributed by atoms with Crippen molar-refractivity contribution in [3.05, 3.63) is 102 Å². The summed E-state index contributed by atoms with van der Waals surface area (Å²) in [5.41, 5.74) is 4.12. The van der Waals surface area contributed by atoms with Crippen molar-refractivity contribution < 1.29 is 4.79 Å². The number of rotatable bonds is 6. The van der Waals surface area contributed by atoms with Crippen LogP contribution in [0.5, 0.6) is 0 Å².